The van der Waals surface area contributed by atoms with Gasteiger partial charge >= 0.3 is 0 Å². The monoisotopic (exact) mass is 319 g/mol. The van der Waals surface area contributed by atoms with E-state index in [4.69, 9.17) is 10.00 Å². The Hall–Kier alpha value is -3.13. The molecule has 0 spiro atoms. The van der Waals surface area contributed by atoms with Gasteiger partial charge in [-0.25, -0.2) is 5.43 Å². The Kier molecular flexibility index (Phi) is 4.57. The van der Waals surface area contributed by atoms with Crippen molar-refractivity contribution in [2.75, 3.05) is 0 Å². The Balaban J connectivity index is 1.60. The zero-order chi connectivity index (χ0) is 16.9. The normalized spacial score (nSPS) is 15.4. The largest absolute Gasteiger partial charge is 0.481 e. The molecule has 1 amide bonds. The zero-order valence-corrected chi connectivity index (χ0v) is 13.3. The molecule has 0 saturated carbocycles. The summed E-state index contributed by atoms with van der Waals surface area (Å²) in [6.45, 7) is 1.66. The quantitative estimate of drug-likeness (QED) is 0.881. The van der Waals surface area contributed by atoms with Crippen LogP contribution in [0.3, 0.4) is 0 Å². The van der Waals surface area contributed by atoms with Crippen LogP contribution in [-0.4, -0.2) is 17.7 Å². The van der Waals surface area contributed by atoms with Gasteiger partial charge in [0.2, 0.25) is 0 Å². The van der Waals surface area contributed by atoms with Crippen LogP contribution in [0.15, 0.2) is 53.6 Å². The Labute approximate surface area is 140 Å². The van der Waals surface area contributed by atoms with Crippen molar-refractivity contribution in [3.05, 3.63) is 65.2 Å². The fourth-order valence-electron chi connectivity index (χ4n) is 2.60. The van der Waals surface area contributed by atoms with E-state index in [9.17, 15) is 4.79 Å². The molecule has 120 valence electrons. The predicted molar refractivity (Wildman–Crippen MR) is 90.7 cm³/mol. The highest BCUT2D eigenvalue weighted by Gasteiger charge is 2.19. The highest BCUT2D eigenvalue weighted by Crippen LogP contribution is 2.21. The number of nitrogens with one attached hydrogen (secondary N) is 1. The van der Waals surface area contributed by atoms with Gasteiger partial charge in [0, 0.05) is 5.56 Å². The molecule has 0 radical (unpaired) electrons. The summed E-state index contributed by atoms with van der Waals surface area (Å²) in [6.07, 6.45) is 1.09. The maximum absolute atomic E-state index is 12.1. The number of nitriles is 1. The number of ether oxygens (including phenoxy) is 1. The number of hydrazone groups is 1. The molecular formula is C19H17N3O2. The lowest BCUT2D eigenvalue weighted by atomic mass is 10.1. The molecular weight excluding hydrogens is 302 g/mol. The van der Waals surface area contributed by atoms with E-state index in [2.05, 4.69) is 16.6 Å². The first-order chi connectivity index (χ1) is 11.7. The number of aryl methyl sites for hydroxylation is 1. The second-order valence-corrected chi connectivity index (χ2v) is 5.59. The number of benzene rings is 2. The van der Waals surface area contributed by atoms with Crippen LogP contribution >= 0.6 is 0 Å². The van der Waals surface area contributed by atoms with Crippen LogP contribution in [0.1, 0.15) is 30.0 Å². The number of carbonyl (C=O) groups excluding carboxylic acids is 1. The molecule has 1 aliphatic carbocycles. The van der Waals surface area contributed by atoms with E-state index in [0.717, 1.165) is 24.1 Å². The Morgan fingerprint density at radius 1 is 1.21 bits per heavy atom. The molecule has 3 rings (SSSR count). The minimum absolute atomic E-state index is 0.309. The van der Waals surface area contributed by atoms with Crippen LogP contribution in [0.2, 0.25) is 0 Å². The van der Waals surface area contributed by atoms with Crippen LogP contribution in [0.25, 0.3) is 0 Å². The van der Waals surface area contributed by atoms with Crippen molar-refractivity contribution < 1.29 is 9.53 Å². The number of hydrogen-bond donors (Lipinski definition) is 1. The number of amides is 1. The Bertz CT molecular complexity index is 819. The Morgan fingerprint density at radius 2 is 1.96 bits per heavy atom. The van der Waals surface area contributed by atoms with Gasteiger partial charge in [0.05, 0.1) is 17.3 Å². The number of hydrogen-bond acceptors (Lipinski definition) is 4. The minimum Gasteiger partial charge on any atom is -0.481 e. The van der Waals surface area contributed by atoms with Gasteiger partial charge in [-0.1, -0.05) is 24.3 Å². The van der Waals surface area contributed by atoms with Gasteiger partial charge in [0.25, 0.3) is 5.91 Å². The molecule has 5 heteroatoms. The average molecular weight is 319 g/mol. The van der Waals surface area contributed by atoms with E-state index in [-0.39, 0.29) is 5.91 Å². The van der Waals surface area contributed by atoms with E-state index < -0.39 is 6.10 Å². The van der Waals surface area contributed by atoms with Gasteiger partial charge in [0.1, 0.15) is 5.75 Å². The molecule has 2 aromatic rings. The van der Waals surface area contributed by atoms with Gasteiger partial charge < -0.3 is 4.74 Å². The van der Waals surface area contributed by atoms with E-state index in [1.54, 1.807) is 31.2 Å². The SMILES string of the molecule is C[C@H](Oc1ccc(C#N)cc1)C(=O)N/N=C1/CCc2ccccc21. The lowest BCUT2D eigenvalue weighted by molar-refractivity contribution is -0.127. The third-order valence-electron chi connectivity index (χ3n) is 3.93. The van der Waals surface area contributed by atoms with Gasteiger partial charge in [0.15, 0.2) is 6.10 Å². The van der Waals surface area contributed by atoms with Crippen molar-refractivity contribution in [3.63, 3.8) is 0 Å². The molecule has 5 nitrogen and oxygen atoms in total. The summed E-state index contributed by atoms with van der Waals surface area (Å²) in [5.41, 5.74) is 6.37. The molecule has 1 aliphatic rings. The molecule has 24 heavy (non-hydrogen) atoms. The number of carbonyl (C=O) groups is 1. The van der Waals surface area contributed by atoms with Crippen molar-refractivity contribution in [1.29, 1.82) is 5.26 Å². The fraction of sp³-hybridized carbons (Fsp3) is 0.211. The number of nitrogens with zero attached hydrogens (tertiary/aromatic N) is 2. The molecule has 1 atom stereocenters. The summed E-state index contributed by atoms with van der Waals surface area (Å²) in [5, 5.41) is 13.0. The first-order valence-corrected chi connectivity index (χ1v) is 7.79. The van der Waals surface area contributed by atoms with Crippen LogP contribution in [0.4, 0.5) is 0 Å². The smallest absolute Gasteiger partial charge is 0.280 e. The summed E-state index contributed by atoms with van der Waals surface area (Å²) in [5.74, 6) is 0.228. The van der Waals surface area contributed by atoms with Crippen molar-refractivity contribution >= 4 is 11.6 Å². The second-order valence-electron chi connectivity index (χ2n) is 5.59. The van der Waals surface area contributed by atoms with Crippen molar-refractivity contribution in [2.45, 2.75) is 25.9 Å². The molecule has 0 fully saturated rings. The summed E-state index contributed by atoms with van der Waals surface area (Å²) in [4.78, 5) is 12.1. The number of fused-ring (bicyclic) bond motifs is 1. The first-order valence-electron chi connectivity index (χ1n) is 7.79. The highest BCUT2D eigenvalue weighted by molar-refractivity contribution is 6.04. The molecule has 2 aromatic carbocycles. The van der Waals surface area contributed by atoms with Gasteiger partial charge in [-0.3, -0.25) is 4.79 Å². The van der Waals surface area contributed by atoms with E-state index in [0.29, 0.717) is 11.3 Å². The van der Waals surface area contributed by atoms with Crippen LogP contribution in [-0.2, 0) is 11.2 Å². The predicted octanol–water partition coefficient (Wildman–Crippen LogP) is 2.79. The lowest BCUT2D eigenvalue weighted by Crippen LogP contribution is -2.34. The van der Waals surface area contributed by atoms with E-state index in [1.807, 2.05) is 24.3 Å². The van der Waals surface area contributed by atoms with Crippen molar-refractivity contribution in [2.24, 2.45) is 5.10 Å². The van der Waals surface area contributed by atoms with Gasteiger partial charge in [-0.2, -0.15) is 10.4 Å². The minimum atomic E-state index is -0.682. The van der Waals surface area contributed by atoms with Gasteiger partial charge in [-0.15, -0.1) is 0 Å². The van der Waals surface area contributed by atoms with Crippen molar-refractivity contribution in [1.82, 2.24) is 5.43 Å². The first kappa shape index (κ1) is 15.8. The van der Waals surface area contributed by atoms with E-state index in [1.165, 1.54) is 5.56 Å². The summed E-state index contributed by atoms with van der Waals surface area (Å²) in [6, 6.07) is 16.7. The van der Waals surface area contributed by atoms with Crippen LogP contribution in [0.5, 0.6) is 5.75 Å². The standard InChI is InChI=1S/C19H17N3O2/c1-13(24-16-9-6-14(12-20)7-10-16)19(23)22-21-18-11-8-15-4-2-3-5-17(15)18/h2-7,9-10,13H,8,11H2,1H3,(H,22,23)/b21-18-/t13-/m0/s1. The summed E-state index contributed by atoms with van der Waals surface area (Å²) >= 11 is 0. The lowest BCUT2D eigenvalue weighted by Gasteiger charge is -2.13. The zero-order valence-electron chi connectivity index (χ0n) is 13.3. The topological polar surface area (TPSA) is 74.5 Å². The molecule has 0 saturated heterocycles. The molecule has 0 aliphatic heterocycles. The molecule has 0 aromatic heterocycles. The molecule has 1 N–H and O–H groups in total. The van der Waals surface area contributed by atoms with Crippen LogP contribution in [0, 0.1) is 11.3 Å². The Morgan fingerprint density at radius 3 is 2.71 bits per heavy atom. The van der Waals surface area contributed by atoms with Crippen molar-refractivity contribution in [3.8, 4) is 11.8 Å². The third kappa shape index (κ3) is 3.44. The summed E-state index contributed by atoms with van der Waals surface area (Å²) in [7, 11) is 0. The second kappa shape index (κ2) is 6.97. The highest BCUT2D eigenvalue weighted by atomic mass is 16.5. The maximum atomic E-state index is 12.1. The molecule has 0 heterocycles. The van der Waals surface area contributed by atoms with Crippen LogP contribution < -0.4 is 10.2 Å². The third-order valence-corrected chi connectivity index (χ3v) is 3.93. The fourth-order valence-corrected chi connectivity index (χ4v) is 2.60. The maximum Gasteiger partial charge on any atom is 0.280 e. The van der Waals surface area contributed by atoms with Gasteiger partial charge in [-0.05, 0) is 49.6 Å². The summed E-state index contributed by atoms with van der Waals surface area (Å²) < 4.78 is 5.57. The average Bonchev–Trinajstić information content (AvgIpc) is 3.03. The number of rotatable bonds is 4. The molecule has 0 bridgehead atoms. The molecule has 0 unspecified atom stereocenters. The van der Waals surface area contributed by atoms with E-state index >= 15 is 0 Å².